The lowest BCUT2D eigenvalue weighted by Crippen LogP contribution is -2.64. The SMILES string of the molecule is CCC(C)N(Cc1cn(CCCO[C@@H]2O[C@H](CO)[C@@H](O)[C@H](O)[C@H]2NC(C)=O)nn1)S(=O)(=O)c1ccc(-c2ccccc2)cc1. The average Bonchev–Trinajstić information content (AvgIpc) is 3.48. The summed E-state index contributed by atoms with van der Waals surface area (Å²) < 4.78 is 41.7. The van der Waals surface area contributed by atoms with Crippen molar-refractivity contribution in [2.75, 3.05) is 13.2 Å². The molecule has 4 rings (SSSR count). The Kier molecular flexibility index (Phi) is 11.6. The molecule has 0 radical (unpaired) electrons. The number of carbonyl (C=O) groups excluding carboxylic acids is 1. The van der Waals surface area contributed by atoms with Crippen molar-refractivity contribution in [3.05, 3.63) is 66.5 Å². The topological polar surface area (TPSA) is 176 Å². The van der Waals surface area contributed by atoms with E-state index in [-0.39, 0.29) is 24.1 Å². The van der Waals surface area contributed by atoms with Gasteiger partial charge in [-0.2, -0.15) is 4.31 Å². The van der Waals surface area contributed by atoms with E-state index in [4.69, 9.17) is 9.47 Å². The Bertz CT molecular complexity index is 1450. The second-order valence-electron chi connectivity index (χ2n) is 10.8. The average molecular weight is 632 g/mol. The van der Waals surface area contributed by atoms with E-state index in [0.717, 1.165) is 11.1 Å². The van der Waals surface area contributed by atoms with E-state index >= 15 is 0 Å². The minimum atomic E-state index is -3.83. The number of aryl methyl sites for hydroxylation is 1. The van der Waals surface area contributed by atoms with Crippen LogP contribution in [0, 0.1) is 0 Å². The molecule has 1 unspecified atom stereocenters. The molecule has 1 saturated heterocycles. The Morgan fingerprint density at radius 2 is 1.80 bits per heavy atom. The molecule has 0 aliphatic carbocycles. The molecule has 1 fully saturated rings. The van der Waals surface area contributed by atoms with Crippen molar-refractivity contribution in [1.29, 1.82) is 0 Å². The fraction of sp³-hybridized carbons (Fsp3) is 0.500. The summed E-state index contributed by atoms with van der Waals surface area (Å²) in [6.07, 6.45) is -2.20. The molecule has 0 spiro atoms. The highest BCUT2D eigenvalue weighted by molar-refractivity contribution is 7.89. The molecule has 14 heteroatoms. The quantitative estimate of drug-likeness (QED) is 0.190. The molecule has 3 aromatic rings. The molecular formula is C30H41N5O8S. The van der Waals surface area contributed by atoms with Crippen LogP contribution >= 0.6 is 0 Å². The van der Waals surface area contributed by atoms with Crippen LogP contribution in [0.3, 0.4) is 0 Å². The van der Waals surface area contributed by atoms with Crippen LogP contribution in [-0.2, 0) is 37.4 Å². The van der Waals surface area contributed by atoms with Crippen molar-refractivity contribution < 1.29 is 38.0 Å². The predicted octanol–water partition coefficient (Wildman–Crippen LogP) is 1.28. The largest absolute Gasteiger partial charge is 0.394 e. The van der Waals surface area contributed by atoms with Gasteiger partial charge in [0.1, 0.15) is 24.4 Å². The molecule has 1 aliphatic rings. The molecule has 240 valence electrons. The van der Waals surface area contributed by atoms with Crippen LogP contribution in [0.4, 0.5) is 0 Å². The van der Waals surface area contributed by atoms with E-state index < -0.39 is 53.2 Å². The first kappa shape index (κ1) is 33.6. The maximum absolute atomic E-state index is 13.7. The van der Waals surface area contributed by atoms with Gasteiger partial charge in [-0.1, -0.05) is 54.6 Å². The standard InChI is InChI=1S/C30H41N5O8S/c1-4-20(2)35(44(40,41)25-13-11-23(12-14-25)22-9-6-5-7-10-22)18-24-17-34(33-32-24)15-8-16-42-30-27(31-21(3)37)29(39)28(38)26(19-36)43-30/h5-7,9-14,17,20,26-30,36,38-39H,4,8,15-16,18-19H2,1-3H3,(H,31,37)/t20?,26-,27-,28-,29-,30-/m1/s1. The van der Waals surface area contributed by atoms with Crippen LogP contribution in [0.2, 0.25) is 0 Å². The minimum Gasteiger partial charge on any atom is -0.394 e. The molecule has 6 atom stereocenters. The van der Waals surface area contributed by atoms with Crippen molar-refractivity contribution in [2.45, 2.75) is 88.3 Å². The second kappa shape index (κ2) is 15.2. The highest BCUT2D eigenvalue weighted by atomic mass is 32.2. The van der Waals surface area contributed by atoms with Crippen LogP contribution in [0.15, 0.2) is 65.7 Å². The molecule has 2 aromatic carbocycles. The van der Waals surface area contributed by atoms with E-state index in [1.165, 1.54) is 11.2 Å². The summed E-state index contributed by atoms with van der Waals surface area (Å²) in [5.74, 6) is -0.436. The number of sulfonamides is 1. The summed E-state index contributed by atoms with van der Waals surface area (Å²) in [5, 5.41) is 40.9. The number of aromatic nitrogens is 3. The molecule has 2 heterocycles. The number of rotatable bonds is 14. The van der Waals surface area contributed by atoms with Gasteiger partial charge in [-0.15, -0.1) is 5.10 Å². The minimum absolute atomic E-state index is 0.0470. The van der Waals surface area contributed by atoms with E-state index in [1.807, 2.05) is 44.2 Å². The van der Waals surface area contributed by atoms with Crippen molar-refractivity contribution in [3.63, 3.8) is 0 Å². The van der Waals surface area contributed by atoms with Gasteiger partial charge in [0.2, 0.25) is 15.9 Å². The Hall–Kier alpha value is -3.24. The lowest BCUT2D eigenvalue weighted by molar-refractivity contribution is -0.270. The van der Waals surface area contributed by atoms with E-state index in [2.05, 4.69) is 15.6 Å². The number of nitrogens with one attached hydrogen (secondary N) is 1. The van der Waals surface area contributed by atoms with Gasteiger partial charge in [0.25, 0.3) is 0 Å². The molecule has 0 bridgehead atoms. The summed E-state index contributed by atoms with van der Waals surface area (Å²) in [6, 6.07) is 15.3. The van der Waals surface area contributed by atoms with Gasteiger partial charge in [-0.25, -0.2) is 8.42 Å². The first-order valence-corrected chi connectivity index (χ1v) is 16.1. The number of amides is 1. The van der Waals surface area contributed by atoms with E-state index in [1.54, 1.807) is 35.1 Å². The smallest absolute Gasteiger partial charge is 0.243 e. The van der Waals surface area contributed by atoms with Gasteiger partial charge in [0, 0.05) is 25.7 Å². The number of benzene rings is 2. The Morgan fingerprint density at radius 1 is 1.11 bits per heavy atom. The van der Waals surface area contributed by atoms with Crippen LogP contribution in [0.25, 0.3) is 11.1 Å². The molecular weight excluding hydrogens is 590 g/mol. The van der Waals surface area contributed by atoms with Gasteiger partial charge in [-0.3, -0.25) is 9.48 Å². The maximum Gasteiger partial charge on any atom is 0.243 e. The number of aliphatic hydroxyl groups excluding tert-OH is 3. The van der Waals surface area contributed by atoms with Crippen LogP contribution in [0.5, 0.6) is 0 Å². The zero-order valence-electron chi connectivity index (χ0n) is 25.1. The molecule has 4 N–H and O–H groups in total. The van der Waals surface area contributed by atoms with Crippen LogP contribution in [0.1, 0.15) is 39.3 Å². The Labute approximate surface area is 257 Å². The van der Waals surface area contributed by atoms with Gasteiger partial charge in [-0.05, 0) is 43.0 Å². The first-order valence-electron chi connectivity index (χ1n) is 14.6. The van der Waals surface area contributed by atoms with Crippen molar-refractivity contribution >= 4 is 15.9 Å². The number of hydrogen-bond donors (Lipinski definition) is 4. The maximum atomic E-state index is 13.7. The number of hydrogen-bond acceptors (Lipinski definition) is 10. The third-order valence-corrected chi connectivity index (χ3v) is 9.59. The second-order valence-corrected chi connectivity index (χ2v) is 12.7. The lowest BCUT2D eigenvalue weighted by atomic mass is 9.97. The number of ether oxygens (including phenoxy) is 2. The van der Waals surface area contributed by atoms with Crippen molar-refractivity contribution in [1.82, 2.24) is 24.6 Å². The Morgan fingerprint density at radius 3 is 2.43 bits per heavy atom. The number of aliphatic hydroxyl groups is 3. The normalized spacial score (nSPS) is 23.0. The number of carbonyl (C=O) groups is 1. The molecule has 0 saturated carbocycles. The van der Waals surface area contributed by atoms with E-state index in [0.29, 0.717) is 25.1 Å². The van der Waals surface area contributed by atoms with Gasteiger partial charge in [0.05, 0.1) is 30.3 Å². The Balaban J connectivity index is 1.37. The molecule has 1 aliphatic heterocycles. The summed E-state index contributed by atoms with van der Waals surface area (Å²) >= 11 is 0. The fourth-order valence-corrected chi connectivity index (χ4v) is 6.66. The van der Waals surface area contributed by atoms with Gasteiger partial charge in [0.15, 0.2) is 6.29 Å². The summed E-state index contributed by atoms with van der Waals surface area (Å²) in [7, 11) is -3.83. The third kappa shape index (κ3) is 8.07. The molecule has 1 amide bonds. The van der Waals surface area contributed by atoms with Crippen LogP contribution < -0.4 is 5.32 Å². The van der Waals surface area contributed by atoms with Crippen LogP contribution in [-0.4, -0.2) is 98.8 Å². The first-order chi connectivity index (χ1) is 21.0. The summed E-state index contributed by atoms with van der Waals surface area (Å²) in [5.41, 5.74) is 2.41. The van der Waals surface area contributed by atoms with E-state index in [9.17, 15) is 28.5 Å². The van der Waals surface area contributed by atoms with Crippen molar-refractivity contribution in [2.24, 2.45) is 0 Å². The van der Waals surface area contributed by atoms with Crippen molar-refractivity contribution in [3.8, 4) is 11.1 Å². The van der Waals surface area contributed by atoms with Gasteiger partial charge >= 0.3 is 0 Å². The lowest BCUT2D eigenvalue weighted by Gasteiger charge is -2.42. The monoisotopic (exact) mass is 631 g/mol. The zero-order valence-corrected chi connectivity index (χ0v) is 25.9. The summed E-state index contributed by atoms with van der Waals surface area (Å²) in [4.78, 5) is 11.8. The van der Waals surface area contributed by atoms with Gasteiger partial charge < -0.3 is 30.1 Å². The summed E-state index contributed by atoms with van der Waals surface area (Å²) in [6.45, 7) is 5.10. The third-order valence-electron chi connectivity index (χ3n) is 7.62. The zero-order chi connectivity index (χ0) is 31.9. The molecule has 13 nitrogen and oxygen atoms in total. The molecule has 44 heavy (non-hydrogen) atoms. The highest BCUT2D eigenvalue weighted by Crippen LogP contribution is 2.26. The highest BCUT2D eigenvalue weighted by Gasteiger charge is 2.45. The molecule has 1 aromatic heterocycles. The number of nitrogens with zero attached hydrogens (tertiary/aromatic N) is 4. The predicted molar refractivity (Wildman–Crippen MR) is 160 cm³/mol. The fourth-order valence-electron chi connectivity index (χ4n) is 4.99.